The molecular weight excluding hydrogens is 280 g/mol. The minimum Gasteiger partial charge on any atom is -0.317 e. The van der Waals surface area contributed by atoms with Gasteiger partial charge in [0.05, 0.1) is 11.8 Å². The van der Waals surface area contributed by atoms with E-state index in [0.29, 0.717) is 6.42 Å². The minimum atomic E-state index is -3.19. The van der Waals surface area contributed by atoms with Crippen molar-refractivity contribution in [3.05, 3.63) is 22.4 Å². The van der Waals surface area contributed by atoms with Crippen LogP contribution < -0.4 is 10.0 Å². The first-order valence-corrected chi connectivity index (χ1v) is 9.36. The van der Waals surface area contributed by atoms with Crippen molar-refractivity contribution < 1.29 is 8.42 Å². The van der Waals surface area contributed by atoms with Crippen LogP contribution in [0.2, 0.25) is 0 Å². The molecule has 2 N–H and O–H groups in total. The predicted molar refractivity (Wildman–Crippen MR) is 82.1 cm³/mol. The highest BCUT2D eigenvalue weighted by Crippen LogP contribution is 2.24. The average Bonchev–Trinajstić information content (AvgIpc) is 2.88. The number of hydrogen-bond donors (Lipinski definition) is 2. The van der Waals surface area contributed by atoms with E-state index in [1.807, 2.05) is 24.4 Å². The second-order valence-electron chi connectivity index (χ2n) is 4.50. The molecule has 0 aliphatic rings. The molecule has 110 valence electrons. The van der Waals surface area contributed by atoms with Gasteiger partial charge in [-0.15, -0.1) is 11.3 Å². The summed E-state index contributed by atoms with van der Waals surface area (Å²) in [5.41, 5.74) is 0. The van der Waals surface area contributed by atoms with Crippen molar-refractivity contribution in [2.45, 2.75) is 39.2 Å². The monoisotopic (exact) mass is 304 g/mol. The van der Waals surface area contributed by atoms with Gasteiger partial charge in [-0.2, -0.15) is 0 Å². The van der Waals surface area contributed by atoms with Crippen LogP contribution in [0.4, 0.5) is 0 Å². The van der Waals surface area contributed by atoms with Gasteiger partial charge < -0.3 is 5.32 Å². The molecule has 1 heterocycles. The molecule has 0 radical (unpaired) electrons. The molecule has 0 saturated carbocycles. The highest BCUT2D eigenvalue weighted by Gasteiger charge is 2.19. The highest BCUT2D eigenvalue weighted by molar-refractivity contribution is 7.89. The molecule has 0 aromatic carbocycles. The topological polar surface area (TPSA) is 58.2 Å². The summed E-state index contributed by atoms with van der Waals surface area (Å²) in [4.78, 5) is 1.09. The molecule has 1 aromatic heterocycles. The van der Waals surface area contributed by atoms with Gasteiger partial charge in [-0.05, 0) is 37.4 Å². The van der Waals surface area contributed by atoms with Gasteiger partial charge in [-0.25, -0.2) is 13.1 Å². The molecule has 0 aliphatic heterocycles. The van der Waals surface area contributed by atoms with Crippen molar-refractivity contribution in [3.8, 4) is 0 Å². The summed E-state index contributed by atoms with van der Waals surface area (Å²) in [7, 11) is -3.19. The standard InChI is InChI=1S/C13H24N2O2S2/c1-3-7-12(13-8-5-10-18-13)15-19(16,17)11-6-9-14-4-2/h5,8,10,12,14-15H,3-4,6-7,9,11H2,1-2H3. The molecule has 0 spiro atoms. The summed E-state index contributed by atoms with van der Waals surface area (Å²) in [6, 6.07) is 3.88. The van der Waals surface area contributed by atoms with Crippen molar-refractivity contribution in [1.82, 2.24) is 10.0 Å². The molecule has 1 rings (SSSR count). The molecule has 6 heteroatoms. The summed E-state index contributed by atoms with van der Waals surface area (Å²) in [5.74, 6) is 0.186. The Morgan fingerprint density at radius 3 is 2.74 bits per heavy atom. The van der Waals surface area contributed by atoms with Crippen LogP contribution in [-0.4, -0.2) is 27.3 Å². The molecule has 1 atom stereocenters. The van der Waals surface area contributed by atoms with Gasteiger partial charge in [-0.1, -0.05) is 26.3 Å². The zero-order chi connectivity index (χ0) is 14.1. The Morgan fingerprint density at radius 1 is 1.37 bits per heavy atom. The fourth-order valence-electron chi connectivity index (χ4n) is 1.88. The molecule has 0 fully saturated rings. The van der Waals surface area contributed by atoms with E-state index in [-0.39, 0.29) is 11.8 Å². The molecule has 4 nitrogen and oxygen atoms in total. The van der Waals surface area contributed by atoms with E-state index in [0.717, 1.165) is 30.8 Å². The van der Waals surface area contributed by atoms with Gasteiger partial charge in [0.25, 0.3) is 0 Å². The quantitative estimate of drug-likeness (QED) is 0.653. The van der Waals surface area contributed by atoms with E-state index in [1.54, 1.807) is 11.3 Å². The van der Waals surface area contributed by atoms with Crippen LogP contribution in [0.1, 0.15) is 44.0 Å². The normalized spacial score (nSPS) is 13.6. The largest absolute Gasteiger partial charge is 0.317 e. The fraction of sp³-hybridized carbons (Fsp3) is 0.692. The van der Waals surface area contributed by atoms with Crippen LogP contribution in [0.5, 0.6) is 0 Å². The first kappa shape index (κ1) is 16.6. The third-order valence-electron chi connectivity index (χ3n) is 2.80. The summed E-state index contributed by atoms with van der Waals surface area (Å²) in [5, 5.41) is 5.12. The van der Waals surface area contributed by atoms with E-state index in [1.165, 1.54) is 0 Å². The van der Waals surface area contributed by atoms with Crippen molar-refractivity contribution >= 4 is 21.4 Å². The van der Waals surface area contributed by atoms with Crippen LogP contribution in [0.15, 0.2) is 17.5 Å². The molecule has 0 aliphatic carbocycles. The second kappa shape index (κ2) is 8.68. The molecule has 1 unspecified atom stereocenters. The van der Waals surface area contributed by atoms with E-state index < -0.39 is 10.0 Å². The fourth-order valence-corrected chi connectivity index (χ4v) is 4.08. The SMILES string of the molecule is CCCC(NS(=O)(=O)CCCNCC)c1cccs1. The lowest BCUT2D eigenvalue weighted by atomic mass is 10.1. The molecule has 0 bridgehead atoms. The van der Waals surface area contributed by atoms with E-state index in [2.05, 4.69) is 17.0 Å². The Morgan fingerprint density at radius 2 is 2.16 bits per heavy atom. The number of rotatable bonds is 10. The van der Waals surface area contributed by atoms with E-state index in [9.17, 15) is 8.42 Å². The van der Waals surface area contributed by atoms with Gasteiger partial charge in [0.15, 0.2) is 0 Å². The molecule has 19 heavy (non-hydrogen) atoms. The predicted octanol–water partition coefficient (Wildman–Crippen LogP) is 2.51. The highest BCUT2D eigenvalue weighted by atomic mass is 32.2. The summed E-state index contributed by atoms with van der Waals surface area (Å²) in [6.07, 6.45) is 2.45. The zero-order valence-corrected chi connectivity index (χ0v) is 13.3. The smallest absolute Gasteiger partial charge is 0.212 e. The van der Waals surface area contributed by atoms with Crippen LogP contribution in [0.25, 0.3) is 0 Å². The Balaban J connectivity index is 2.53. The van der Waals surface area contributed by atoms with Gasteiger partial charge in [0.1, 0.15) is 0 Å². The maximum absolute atomic E-state index is 12.0. The number of thiophene rings is 1. The van der Waals surface area contributed by atoms with Crippen LogP contribution in [0.3, 0.4) is 0 Å². The van der Waals surface area contributed by atoms with Crippen molar-refractivity contribution in [2.24, 2.45) is 0 Å². The maximum Gasteiger partial charge on any atom is 0.212 e. The van der Waals surface area contributed by atoms with Crippen LogP contribution in [-0.2, 0) is 10.0 Å². The van der Waals surface area contributed by atoms with Crippen molar-refractivity contribution in [2.75, 3.05) is 18.8 Å². The number of hydrogen-bond acceptors (Lipinski definition) is 4. The Bertz CT molecular complexity index is 430. The zero-order valence-electron chi connectivity index (χ0n) is 11.7. The van der Waals surface area contributed by atoms with E-state index in [4.69, 9.17) is 0 Å². The first-order valence-electron chi connectivity index (χ1n) is 6.83. The third-order valence-corrected chi connectivity index (χ3v) is 5.26. The van der Waals surface area contributed by atoms with E-state index >= 15 is 0 Å². The first-order chi connectivity index (χ1) is 9.09. The lowest BCUT2D eigenvalue weighted by Gasteiger charge is -2.16. The van der Waals surface area contributed by atoms with Crippen LogP contribution in [0, 0.1) is 0 Å². The Labute approximate surface area is 120 Å². The van der Waals surface area contributed by atoms with Crippen molar-refractivity contribution in [1.29, 1.82) is 0 Å². The van der Waals surface area contributed by atoms with Crippen molar-refractivity contribution in [3.63, 3.8) is 0 Å². The summed E-state index contributed by atoms with van der Waals surface area (Å²) in [6.45, 7) is 5.71. The Hall–Kier alpha value is -0.430. The molecular formula is C13H24N2O2S2. The summed E-state index contributed by atoms with van der Waals surface area (Å²) < 4.78 is 26.9. The number of sulfonamides is 1. The lowest BCUT2D eigenvalue weighted by molar-refractivity contribution is 0.537. The maximum atomic E-state index is 12.0. The van der Waals surface area contributed by atoms with Gasteiger partial charge in [0, 0.05) is 4.88 Å². The Kier molecular flexibility index (Phi) is 7.60. The molecule has 1 aromatic rings. The number of nitrogens with one attached hydrogen (secondary N) is 2. The van der Waals surface area contributed by atoms with Gasteiger partial charge in [-0.3, -0.25) is 0 Å². The van der Waals surface area contributed by atoms with Gasteiger partial charge >= 0.3 is 0 Å². The second-order valence-corrected chi connectivity index (χ2v) is 7.35. The van der Waals surface area contributed by atoms with Gasteiger partial charge in [0.2, 0.25) is 10.0 Å². The molecule has 0 amide bonds. The average molecular weight is 304 g/mol. The minimum absolute atomic E-state index is 0.0749. The van der Waals surface area contributed by atoms with Crippen LogP contribution >= 0.6 is 11.3 Å². The third kappa shape index (κ3) is 6.51. The lowest BCUT2D eigenvalue weighted by Crippen LogP contribution is -2.31. The molecule has 0 saturated heterocycles. The summed E-state index contributed by atoms with van der Waals surface area (Å²) >= 11 is 1.60.